The molecule has 7 nitrogen and oxygen atoms in total. The van der Waals surface area contributed by atoms with E-state index in [4.69, 9.17) is 9.15 Å². The predicted molar refractivity (Wildman–Crippen MR) is 151 cm³/mol. The maximum absolute atomic E-state index is 13.9. The standard InChI is InChI=1S/C30H27BrN2O5/c1-4-32(5-2)21-12-9-18(10-13-21)27-26(28(34)25-16-19-15-20(31)11-14-24(19)38-25)29(35)30(36)33(27)22-7-6-8-23(17-22)37-3/h6-17,27,35H,4-5H2,1-3H3. The Morgan fingerprint density at radius 3 is 2.47 bits per heavy atom. The quantitative estimate of drug-likeness (QED) is 0.232. The van der Waals surface area contributed by atoms with Gasteiger partial charge in [0.05, 0.1) is 18.7 Å². The number of ketones is 1. The number of halogens is 1. The van der Waals surface area contributed by atoms with E-state index in [2.05, 4.69) is 34.7 Å². The Hall–Kier alpha value is -4.04. The number of benzene rings is 3. The molecule has 8 heteroatoms. The first-order chi connectivity index (χ1) is 18.4. The maximum atomic E-state index is 13.9. The average Bonchev–Trinajstić information content (AvgIpc) is 3.47. The van der Waals surface area contributed by atoms with Crippen LogP contribution in [0.1, 0.15) is 36.0 Å². The van der Waals surface area contributed by atoms with E-state index in [1.165, 1.54) is 4.90 Å². The number of Topliss-reactive ketones (excluding diaryl/α,β-unsaturated/α-hetero) is 1. The van der Waals surface area contributed by atoms with E-state index in [1.807, 2.05) is 36.4 Å². The molecule has 194 valence electrons. The van der Waals surface area contributed by atoms with E-state index in [0.717, 1.165) is 28.6 Å². The van der Waals surface area contributed by atoms with Crippen molar-refractivity contribution in [1.29, 1.82) is 0 Å². The normalized spacial score (nSPS) is 15.4. The number of ether oxygens (including phenoxy) is 1. The van der Waals surface area contributed by atoms with E-state index in [0.29, 0.717) is 22.6 Å². The molecule has 2 heterocycles. The van der Waals surface area contributed by atoms with Crippen LogP contribution in [0.3, 0.4) is 0 Å². The van der Waals surface area contributed by atoms with E-state index >= 15 is 0 Å². The molecule has 0 radical (unpaired) electrons. The summed E-state index contributed by atoms with van der Waals surface area (Å²) in [4.78, 5) is 31.0. The van der Waals surface area contributed by atoms with Gasteiger partial charge in [-0.1, -0.05) is 34.1 Å². The Balaban J connectivity index is 1.63. The first-order valence-corrected chi connectivity index (χ1v) is 13.1. The van der Waals surface area contributed by atoms with Crippen molar-refractivity contribution in [3.8, 4) is 5.75 Å². The van der Waals surface area contributed by atoms with E-state index < -0.39 is 23.5 Å². The van der Waals surface area contributed by atoms with Crippen molar-refractivity contribution in [3.05, 3.63) is 99.9 Å². The predicted octanol–water partition coefficient (Wildman–Crippen LogP) is 6.83. The van der Waals surface area contributed by atoms with Crippen molar-refractivity contribution in [2.75, 3.05) is 30.0 Å². The van der Waals surface area contributed by atoms with Crippen LogP contribution in [0, 0.1) is 0 Å². The maximum Gasteiger partial charge on any atom is 0.294 e. The molecule has 1 unspecified atom stereocenters. The molecular formula is C30H27BrN2O5. The summed E-state index contributed by atoms with van der Waals surface area (Å²) in [5, 5.41) is 11.8. The van der Waals surface area contributed by atoms with Crippen LogP contribution in [0.15, 0.2) is 93.0 Å². The van der Waals surface area contributed by atoms with Crippen LogP contribution in [-0.4, -0.2) is 37.0 Å². The van der Waals surface area contributed by atoms with Crippen LogP contribution in [0.5, 0.6) is 5.75 Å². The monoisotopic (exact) mass is 574 g/mol. The van der Waals surface area contributed by atoms with Gasteiger partial charge in [-0.2, -0.15) is 0 Å². The third-order valence-electron chi connectivity index (χ3n) is 6.82. The van der Waals surface area contributed by atoms with Gasteiger partial charge in [-0.3, -0.25) is 14.5 Å². The molecule has 1 amide bonds. The Bertz CT molecular complexity index is 1550. The van der Waals surface area contributed by atoms with Gasteiger partial charge in [0.25, 0.3) is 5.91 Å². The molecule has 4 aromatic rings. The van der Waals surface area contributed by atoms with Crippen LogP contribution in [0.2, 0.25) is 0 Å². The molecule has 5 rings (SSSR count). The second kappa shape index (κ2) is 10.4. The van der Waals surface area contributed by atoms with Gasteiger partial charge in [0.15, 0.2) is 11.5 Å². The van der Waals surface area contributed by atoms with Gasteiger partial charge in [-0.05, 0) is 67.9 Å². The zero-order valence-corrected chi connectivity index (χ0v) is 22.9. The van der Waals surface area contributed by atoms with Crippen molar-refractivity contribution in [1.82, 2.24) is 0 Å². The summed E-state index contributed by atoms with van der Waals surface area (Å²) in [5.41, 5.74) is 2.70. The van der Waals surface area contributed by atoms with Crippen molar-refractivity contribution in [3.63, 3.8) is 0 Å². The van der Waals surface area contributed by atoms with Gasteiger partial charge in [0, 0.05) is 40.4 Å². The van der Waals surface area contributed by atoms with Crippen LogP contribution < -0.4 is 14.5 Å². The Kier molecular flexibility index (Phi) is 6.99. The van der Waals surface area contributed by atoms with Crippen molar-refractivity contribution in [2.24, 2.45) is 0 Å². The van der Waals surface area contributed by atoms with Crippen molar-refractivity contribution < 1.29 is 23.8 Å². The average molecular weight is 575 g/mol. The smallest absolute Gasteiger partial charge is 0.294 e. The summed E-state index contributed by atoms with van der Waals surface area (Å²) in [6.45, 7) is 5.86. The van der Waals surface area contributed by atoms with Gasteiger partial charge in [0.1, 0.15) is 11.3 Å². The third kappa shape index (κ3) is 4.45. The Labute approximate surface area is 229 Å². The first-order valence-electron chi connectivity index (χ1n) is 12.4. The van der Waals surface area contributed by atoms with Crippen LogP contribution in [0.4, 0.5) is 11.4 Å². The molecule has 38 heavy (non-hydrogen) atoms. The molecule has 0 spiro atoms. The highest BCUT2D eigenvalue weighted by Crippen LogP contribution is 2.43. The molecule has 0 saturated carbocycles. The summed E-state index contributed by atoms with van der Waals surface area (Å²) in [7, 11) is 1.54. The van der Waals surface area contributed by atoms with Gasteiger partial charge in [-0.25, -0.2) is 0 Å². The fourth-order valence-electron chi connectivity index (χ4n) is 4.89. The van der Waals surface area contributed by atoms with Crippen LogP contribution >= 0.6 is 15.9 Å². The molecule has 0 aliphatic carbocycles. The van der Waals surface area contributed by atoms with Gasteiger partial charge in [0.2, 0.25) is 5.78 Å². The summed E-state index contributed by atoms with van der Waals surface area (Å²) in [6, 6.07) is 20.9. The SMILES string of the molecule is CCN(CC)c1ccc(C2C(C(=O)c3cc4cc(Br)ccc4o3)=C(O)C(=O)N2c2cccc(OC)c2)cc1. The molecular weight excluding hydrogens is 548 g/mol. The third-order valence-corrected chi connectivity index (χ3v) is 7.32. The number of furan rings is 1. The number of rotatable bonds is 8. The second-order valence-electron chi connectivity index (χ2n) is 8.93. The number of carbonyl (C=O) groups excluding carboxylic acids is 2. The number of aliphatic hydroxyl groups is 1. The van der Waals surface area contributed by atoms with E-state index in [9.17, 15) is 14.7 Å². The highest BCUT2D eigenvalue weighted by molar-refractivity contribution is 9.10. The van der Waals surface area contributed by atoms with Gasteiger partial charge >= 0.3 is 0 Å². The lowest BCUT2D eigenvalue weighted by Crippen LogP contribution is -2.31. The molecule has 0 fully saturated rings. The van der Waals surface area contributed by atoms with Gasteiger partial charge in [-0.15, -0.1) is 0 Å². The number of methoxy groups -OCH3 is 1. The molecule has 0 bridgehead atoms. The minimum atomic E-state index is -0.868. The Morgan fingerprint density at radius 1 is 1.05 bits per heavy atom. The number of hydrogen-bond donors (Lipinski definition) is 1. The Morgan fingerprint density at radius 2 is 1.79 bits per heavy atom. The number of aliphatic hydroxyl groups excluding tert-OH is 1. The summed E-state index contributed by atoms with van der Waals surface area (Å²) < 4.78 is 12.1. The molecule has 1 aliphatic rings. The minimum Gasteiger partial charge on any atom is -0.503 e. The summed E-state index contributed by atoms with van der Waals surface area (Å²) >= 11 is 3.43. The fraction of sp³-hybridized carbons (Fsp3) is 0.200. The first kappa shape index (κ1) is 25.6. The molecule has 0 saturated heterocycles. The topological polar surface area (TPSA) is 83.2 Å². The van der Waals surface area contributed by atoms with Crippen molar-refractivity contribution in [2.45, 2.75) is 19.9 Å². The lowest BCUT2D eigenvalue weighted by Gasteiger charge is -2.28. The number of carbonyl (C=O) groups is 2. The van der Waals surface area contributed by atoms with Gasteiger partial charge < -0.3 is 19.2 Å². The summed E-state index contributed by atoms with van der Waals surface area (Å²) in [5.74, 6) is -1.22. The highest BCUT2D eigenvalue weighted by atomic mass is 79.9. The molecule has 3 aromatic carbocycles. The number of amides is 1. The highest BCUT2D eigenvalue weighted by Gasteiger charge is 2.45. The van der Waals surface area contributed by atoms with E-state index in [1.54, 1.807) is 43.5 Å². The molecule has 1 atom stereocenters. The fourth-order valence-corrected chi connectivity index (χ4v) is 5.27. The lowest BCUT2D eigenvalue weighted by molar-refractivity contribution is -0.117. The number of anilines is 2. The zero-order valence-electron chi connectivity index (χ0n) is 21.3. The number of fused-ring (bicyclic) bond motifs is 1. The molecule has 1 aromatic heterocycles. The second-order valence-corrected chi connectivity index (χ2v) is 9.84. The van der Waals surface area contributed by atoms with E-state index in [-0.39, 0.29) is 11.3 Å². The number of hydrogen-bond acceptors (Lipinski definition) is 6. The van der Waals surface area contributed by atoms with Crippen molar-refractivity contribution >= 4 is 50.0 Å². The number of nitrogens with zero attached hydrogens (tertiary/aromatic N) is 2. The summed E-state index contributed by atoms with van der Waals surface area (Å²) in [6.07, 6.45) is 0. The van der Waals surface area contributed by atoms with Crippen LogP contribution in [0.25, 0.3) is 11.0 Å². The van der Waals surface area contributed by atoms with Crippen LogP contribution in [-0.2, 0) is 4.79 Å². The molecule has 1 aliphatic heterocycles. The lowest BCUT2D eigenvalue weighted by atomic mass is 9.94. The molecule has 1 N–H and O–H groups in total. The largest absolute Gasteiger partial charge is 0.503 e. The zero-order chi connectivity index (χ0) is 27.0. The minimum absolute atomic E-state index is 0.0356.